The highest BCUT2D eigenvalue weighted by molar-refractivity contribution is 5.95. The number of urea groups is 1. The minimum absolute atomic E-state index is 0.0575. The van der Waals surface area contributed by atoms with Crippen LogP contribution in [-0.4, -0.2) is 19.0 Å². The van der Waals surface area contributed by atoms with Gasteiger partial charge in [0.25, 0.3) is 0 Å². The van der Waals surface area contributed by atoms with Gasteiger partial charge in [0.1, 0.15) is 0 Å². The van der Waals surface area contributed by atoms with Crippen molar-refractivity contribution in [3.8, 4) is 0 Å². The lowest BCUT2D eigenvalue weighted by Crippen LogP contribution is -2.24. The monoisotopic (exact) mass is 233 g/mol. The Hall–Kier alpha value is -2.04. The molecule has 0 bridgehead atoms. The highest BCUT2D eigenvalue weighted by Gasteiger charge is 2.29. The van der Waals surface area contributed by atoms with Crippen LogP contribution < -0.4 is 16.0 Å². The van der Waals surface area contributed by atoms with Crippen LogP contribution in [-0.2, 0) is 4.79 Å². The fraction of sp³-hybridized carbons (Fsp3) is 0.333. The summed E-state index contributed by atoms with van der Waals surface area (Å²) >= 11 is 0. The highest BCUT2D eigenvalue weighted by atomic mass is 16.2. The van der Waals surface area contributed by atoms with E-state index in [9.17, 15) is 9.59 Å². The minimum atomic E-state index is -0.282. The zero-order chi connectivity index (χ0) is 12.3. The smallest absolute Gasteiger partial charge is 0.318 e. The number of amides is 3. The van der Waals surface area contributed by atoms with Crippen molar-refractivity contribution in [1.82, 2.24) is 5.32 Å². The standard InChI is InChI=1S/C12H15N3O2/c1-13-12(17)15-10-4-2-3-9(7-10)14-11(16)8-5-6-8/h2-4,7-8H,5-6H2,1H3,(H,14,16)(H2,13,15,17). The van der Waals surface area contributed by atoms with Gasteiger partial charge < -0.3 is 16.0 Å². The molecule has 1 fully saturated rings. The van der Waals surface area contributed by atoms with Crippen LogP contribution in [0, 0.1) is 5.92 Å². The molecule has 1 aliphatic carbocycles. The summed E-state index contributed by atoms with van der Waals surface area (Å²) in [7, 11) is 1.55. The van der Waals surface area contributed by atoms with E-state index in [1.54, 1.807) is 31.3 Å². The van der Waals surface area contributed by atoms with Crippen LogP contribution in [0.4, 0.5) is 16.2 Å². The summed E-state index contributed by atoms with van der Waals surface area (Å²) in [5.74, 6) is 0.229. The van der Waals surface area contributed by atoms with E-state index >= 15 is 0 Å². The molecule has 3 amide bonds. The van der Waals surface area contributed by atoms with Gasteiger partial charge in [0, 0.05) is 24.3 Å². The third kappa shape index (κ3) is 3.21. The van der Waals surface area contributed by atoms with Crippen LogP contribution in [0.1, 0.15) is 12.8 Å². The summed E-state index contributed by atoms with van der Waals surface area (Å²) in [5.41, 5.74) is 1.36. The average molecular weight is 233 g/mol. The minimum Gasteiger partial charge on any atom is -0.341 e. The molecule has 0 heterocycles. The number of rotatable bonds is 3. The normalized spacial score (nSPS) is 13.9. The van der Waals surface area contributed by atoms with E-state index in [0.717, 1.165) is 12.8 Å². The van der Waals surface area contributed by atoms with Crippen molar-refractivity contribution in [1.29, 1.82) is 0 Å². The maximum atomic E-state index is 11.6. The molecule has 1 saturated carbocycles. The van der Waals surface area contributed by atoms with Crippen molar-refractivity contribution in [2.24, 2.45) is 5.92 Å². The molecule has 5 nitrogen and oxygen atoms in total. The Morgan fingerprint density at radius 2 is 1.82 bits per heavy atom. The highest BCUT2D eigenvalue weighted by Crippen LogP contribution is 2.30. The molecule has 0 aliphatic heterocycles. The lowest BCUT2D eigenvalue weighted by atomic mass is 10.2. The number of carbonyl (C=O) groups is 2. The molecule has 17 heavy (non-hydrogen) atoms. The quantitative estimate of drug-likeness (QED) is 0.744. The average Bonchev–Trinajstić information content (AvgIpc) is 3.13. The van der Waals surface area contributed by atoms with Crippen LogP contribution in [0.3, 0.4) is 0 Å². The number of carbonyl (C=O) groups excluding carboxylic acids is 2. The molecule has 0 aromatic heterocycles. The fourth-order valence-electron chi connectivity index (χ4n) is 1.46. The summed E-state index contributed by atoms with van der Waals surface area (Å²) in [6.07, 6.45) is 1.95. The molecular formula is C12H15N3O2. The lowest BCUT2D eigenvalue weighted by molar-refractivity contribution is -0.117. The number of anilines is 2. The third-order valence-corrected chi connectivity index (χ3v) is 2.56. The van der Waals surface area contributed by atoms with Crippen molar-refractivity contribution in [2.75, 3.05) is 17.7 Å². The second-order valence-corrected chi connectivity index (χ2v) is 4.05. The Balaban J connectivity index is 2.00. The topological polar surface area (TPSA) is 70.2 Å². The van der Waals surface area contributed by atoms with Crippen molar-refractivity contribution in [3.05, 3.63) is 24.3 Å². The first-order valence-electron chi connectivity index (χ1n) is 5.58. The predicted molar refractivity (Wildman–Crippen MR) is 65.9 cm³/mol. The van der Waals surface area contributed by atoms with E-state index in [0.29, 0.717) is 11.4 Å². The number of hydrogen-bond acceptors (Lipinski definition) is 2. The molecule has 5 heteroatoms. The first-order chi connectivity index (χ1) is 8.19. The van der Waals surface area contributed by atoms with Gasteiger partial charge in [-0.15, -0.1) is 0 Å². The van der Waals surface area contributed by atoms with Crippen molar-refractivity contribution in [3.63, 3.8) is 0 Å². The summed E-state index contributed by atoms with van der Waals surface area (Å²) < 4.78 is 0. The number of nitrogens with one attached hydrogen (secondary N) is 3. The Kier molecular flexibility index (Phi) is 3.27. The molecule has 0 radical (unpaired) electrons. The van der Waals surface area contributed by atoms with Crippen LogP contribution >= 0.6 is 0 Å². The Morgan fingerprint density at radius 1 is 1.18 bits per heavy atom. The first kappa shape index (κ1) is 11.4. The summed E-state index contributed by atoms with van der Waals surface area (Å²) in [4.78, 5) is 22.7. The Labute approximate surface area is 99.6 Å². The maximum absolute atomic E-state index is 11.6. The lowest BCUT2D eigenvalue weighted by Gasteiger charge is -2.08. The number of hydrogen-bond donors (Lipinski definition) is 3. The molecule has 0 saturated heterocycles. The Bertz CT molecular complexity index is 441. The van der Waals surface area contributed by atoms with Gasteiger partial charge >= 0.3 is 6.03 Å². The first-order valence-corrected chi connectivity index (χ1v) is 5.58. The third-order valence-electron chi connectivity index (χ3n) is 2.56. The van der Waals surface area contributed by atoms with Crippen LogP contribution in [0.15, 0.2) is 24.3 Å². The van der Waals surface area contributed by atoms with E-state index < -0.39 is 0 Å². The van der Waals surface area contributed by atoms with E-state index in [2.05, 4.69) is 16.0 Å². The number of benzene rings is 1. The van der Waals surface area contributed by atoms with E-state index in [1.807, 2.05) is 0 Å². The van der Waals surface area contributed by atoms with Crippen molar-refractivity contribution in [2.45, 2.75) is 12.8 Å². The van der Waals surface area contributed by atoms with E-state index in [4.69, 9.17) is 0 Å². The maximum Gasteiger partial charge on any atom is 0.318 e. The van der Waals surface area contributed by atoms with Crippen LogP contribution in [0.2, 0.25) is 0 Å². The van der Waals surface area contributed by atoms with Gasteiger partial charge in [0.2, 0.25) is 5.91 Å². The molecule has 90 valence electrons. The second-order valence-electron chi connectivity index (χ2n) is 4.05. The predicted octanol–water partition coefficient (Wildman–Crippen LogP) is 1.79. The van der Waals surface area contributed by atoms with Gasteiger partial charge in [0.15, 0.2) is 0 Å². The van der Waals surface area contributed by atoms with Gasteiger partial charge in [-0.05, 0) is 31.0 Å². The molecule has 1 aromatic carbocycles. The van der Waals surface area contributed by atoms with Gasteiger partial charge in [-0.1, -0.05) is 6.07 Å². The van der Waals surface area contributed by atoms with Gasteiger partial charge in [-0.25, -0.2) is 4.79 Å². The molecule has 3 N–H and O–H groups in total. The molecule has 0 atom stereocenters. The summed E-state index contributed by atoms with van der Waals surface area (Å²) in [6.45, 7) is 0. The van der Waals surface area contributed by atoms with Gasteiger partial charge in [-0.3, -0.25) is 4.79 Å². The molecule has 1 aliphatic rings. The van der Waals surface area contributed by atoms with Gasteiger partial charge in [0.05, 0.1) is 0 Å². The van der Waals surface area contributed by atoms with Crippen LogP contribution in [0.25, 0.3) is 0 Å². The van der Waals surface area contributed by atoms with Crippen molar-refractivity contribution < 1.29 is 9.59 Å². The second kappa shape index (κ2) is 4.86. The van der Waals surface area contributed by atoms with Crippen LogP contribution in [0.5, 0.6) is 0 Å². The largest absolute Gasteiger partial charge is 0.341 e. The molecule has 0 unspecified atom stereocenters. The van der Waals surface area contributed by atoms with Crippen molar-refractivity contribution >= 4 is 23.3 Å². The van der Waals surface area contributed by atoms with E-state index in [1.165, 1.54) is 0 Å². The molecule has 2 rings (SSSR count). The summed E-state index contributed by atoms with van der Waals surface area (Å²) in [6, 6.07) is 6.80. The zero-order valence-corrected chi connectivity index (χ0v) is 9.62. The Morgan fingerprint density at radius 3 is 2.41 bits per heavy atom. The SMILES string of the molecule is CNC(=O)Nc1cccc(NC(=O)C2CC2)c1. The molecule has 1 aromatic rings. The fourth-order valence-corrected chi connectivity index (χ4v) is 1.46. The summed E-state index contributed by atoms with van der Waals surface area (Å²) in [5, 5.41) is 7.94. The zero-order valence-electron chi connectivity index (χ0n) is 9.62. The molecule has 0 spiro atoms. The van der Waals surface area contributed by atoms with E-state index in [-0.39, 0.29) is 17.9 Å². The molecular weight excluding hydrogens is 218 g/mol. The van der Waals surface area contributed by atoms with Gasteiger partial charge in [-0.2, -0.15) is 0 Å².